The number of carbonyl (C=O) groups is 1. The molecule has 0 aliphatic carbocycles. The van der Waals surface area contributed by atoms with Crippen LogP contribution in [0.5, 0.6) is 0 Å². The normalized spacial score (nSPS) is 10.9. The molecule has 144 valence electrons. The van der Waals surface area contributed by atoms with Crippen molar-refractivity contribution in [3.8, 4) is 11.1 Å². The van der Waals surface area contributed by atoms with Gasteiger partial charge in [-0.2, -0.15) is 0 Å². The number of carboxylic acids is 1. The molecule has 2 heterocycles. The maximum Gasteiger partial charge on any atom is 0.335 e. The molecule has 0 fully saturated rings. The number of nitrogens with zero attached hydrogens (tertiary/aromatic N) is 3. The molecule has 0 unspecified atom stereocenters. The highest BCUT2D eigenvalue weighted by molar-refractivity contribution is 7.17. The fourth-order valence-corrected chi connectivity index (χ4v) is 3.99. The van der Waals surface area contributed by atoms with Crippen LogP contribution in [0.25, 0.3) is 21.3 Å². The average Bonchev–Trinajstić information content (AvgIpc) is 3.15. The molecule has 9 heteroatoms. The molecule has 0 bridgehead atoms. The molecule has 29 heavy (non-hydrogen) atoms. The van der Waals surface area contributed by atoms with E-state index in [1.807, 2.05) is 0 Å². The van der Waals surface area contributed by atoms with E-state index in [1.165, 1.54) is 46.5 Å². The van der Waals surface area contributed by atoms with Gasteiger partial charge in [0.2, 0.25) is 0 Å². The Kier molecular flexibility index (Phi) is 4.65. The van der Waals surface area contributed by atoms with Crippen molar-refractivity contribution in [2.45, 2.75) is 6.54 Å². The van der Waals surface area contributed by atoms with Crippen LogP contribution in [0.1, 0.15) is 15.9 Å². The lowest BCUT2D eigenvalue weighted by Crippen LogP contribution is -2.21. The second-order valence-electron chi connectivity index (χ2n) is 6.32. The molecular formula is C20H13N3O5S. The maximum absolute atomic E-state index is 13.1. The number of benzene rings is 2. The predicted octanol–water partition coefficient (Wildman–Crippen LogP) is 3.78. The predicted molar refractivity (Wildman–Crippen MR) is 108 cm³/mol. The van der Waals surface area contributed by atoms with E-state index in [2.05, 4.69) is 4.98 Å². The highest BCUT2D eigenvalue weighted by atomic mass is 32.1. The van der Waals surface area contributed by atoms with Crippen molar-refractivity contribution in [3.05, 3.63) is 91.8 Å². The number of hydrogen-bond acceptors (Lipinski definition) is 6. The first-order chi connectivity index (χ1) is 13.9. The Balaban J connectivity index is 1.80. The maximum atomic E-state index is 13.1. The number of aromatic carboxylic acids is 1. The Labute approximate surface area is 167 Å². The number of rotatable bonds is 5. The lowest BCUT2D eigenvalue weighted by atomic mass is 10.1. The number of thiophene rings is 1. The lowest BCUT2D eigenvalue weighted by Gasteiger charge is -2.07. The summed E-state index contributed by atoms with van der Waals surface area (Å²) < 4.78 is 1.40. The number of fused-ring (bicyclic) bond motifs is 1. The first-order valence-electron chi connectivity index (χ1n) is 8.48. The SMILES string of the molecule is O=C(O)c1cccc(Cn2cnc3scc(-c4cccc([N+](=O)[O-])c4)c3c2=O)c1. The summed E-state index contributed by atoms with van der Waals surface area (Å²) in [7, 11) is 0. The van der Waals surface area contributed by atoms with Gasteiger partial charge < -0.3 is 5.11 Å². The van der Waals surface area contributed by atoms with E-state index in [0.717, 1.165) is 0 Å². The van der Waals surface area contributed by atoms with Crippen LogP contribution in [0.4, 0.5) is 5.69 Å². The molecule has 2 aromatic heterocycles. The molecule has 0 spiro atoms. The smallest absolute Gasteiger partial charge is 0.335 e. The van der Waals surface area contributed by atoms with Gasteiger partial charge in [-0.3, -0.25) is 19.5 Å². The second-order valence-corrected chi connectivity index (χ2v) is 7.18. The second kappa shape index (κ2) is 7.28. The molecule has 1 N–H and O–H groups in total. The standard InChI is InChI=1S/C20H13N3O5S/c24-19-17-16(13-4-2-6-15(8-13)23(27)28)10-29-18(17)21-11-22(19)9-12-3-1-5-14(7-12)20(25)26/h1-8,10-11H,9H2,(H,25,26). The molecular weight excluding hydrogens is 394 g/mol. The molecule has 2 aromatic carbocycles. The van der Waals surface area contributed by atoms with Gasteiger partial charge in [0.05, 0.1) is 28.7 Å². The van der Waals surface area contributed by atoms with Gasteiger partial charge in [-0.25, -0.2) is 9.78 Å². The quantitative estimate of drug-likeness (QED) is 0.398. The van der Waals surface area contributed by atoms with Gasteiger partial charge in [-0.05, 0) is 23.3 Å². The van der Waals surface area contributed by atoms with Gasteiger partial charge in [0, 0.05) is 23.1 Å². The fraction of sp³-hybridized carbons (Fsp3) is 0.0500. The minimum Gasteiger partial charge on any atom is -0.478 e. The molecule has 4 rings (SSSR count). The number of nitro groups is 1. The summed E-state index contributed by atoms with van der Waals surface area (Å²) in [5.41, 5.74) is 1.59. The van der Waals surface area contributed by atoms with Gasteiger partial charge in [0.15, 0.2) is 0 Å². The molecule has 4 aromatic rings. The summed E-state index contributed by atoms with van der Waals surface area (Å²) in [5, 5.41) is 22.4. The monoisotopic (exact) mass is 407 g/mol. The summed E-state index contributed by atoms with van der Waals surface area (Å²) in [6.45, 7) is 0.160. The van der Waals surface area contributed by atoms with Gasteiger partial charge in [0.1, 0.15) is 4.83 Å². The molecule has 0 amide bonds. The Bertz CT molecular complexity index is 1330. The minimum absolute atomic E-state index is 0.0587. The summed E-state index contributed by atoms with van der Waals surface area (Å²) in [5.74, 6) is -1.04. The van der Waals surface area contributed by atoms with Crippen LogP contribution in [0, 0.1) is 10.1 Å². The van der Waals surface area contributed by atoms with E-state index in [1.54, 1.807) is 29.6 Å². The Morgan fingerprint density at radius 2 is 2.00 bits per heavy atom. The van der Waals surface area contributed by atoms with Crippen molar-refractivity contribution in [1.82, 2.24) is 9.55 Å². The summed E-state index contributed by atoms with van der Waals surface area (Å²) in [6, 6.07) is 12.4. The first-order valence-corrected chi connectivity index (χ1v) is 9.35. The van der Waals surface area contributed by atoms with Crippen LogP contribution in [0.15, 0.2) is 65.0 Å². The Morgan fingerprint density at radius 1 is 1.21 bits per heavy atom. The summed E-state index contributed by atoms with van der Waals surface area (Å²) >= 11 is 1.29. The zero-order chi connectivity index (χ0) is 20.5. The molecule has 0 radical (unpaired) electrons. The van der Waals surface area contributed by atoms with E-state index in [9.17, 15) is 19.7 Å². The van der Waals surface area contributed by atoms with E-state index in [0.29, 0.717) is 26.9 Å². The lowest BCUT2D eigenvalue weighted by molar-refractivity contribution is -0.384. The average molecular weight is 407 g/mol. The van der Waals surface area contributed by atoms with Crippen LogP contribution in [0.2, 0.25) is 0 Å². The van der Waals surface area contributed by atoms with Crippen molar-refractivity contribution in [2.75, 3.05) is 0 Å². The van der Waals surface area contributed by atoms with E-state index < -0.39 is 10.9 Å². The summed E-state index contributed by atoms with van der Waals surface area (Å²) in [6.07, 6.45) is 1.42. The van der Waals surface area contributed by atoms with Gasteiger partial charge in [-0.1, -0.05) is 24.3 Å². The Morgan fingerprint density at radius 3 is 2.76 bits per heavy atom. The van der Waals surface area contributed by atoms with Crippen molar-refractivity contribution in [2.24, 2.45) is 0 Å². The molecule has 0 aliphatic rings. The van der Waals surface area contributed by atoms with Gasteiger partial charge >= 0.3 is 5.97 Å². The van der Waals surface area contributed by atoms with Crippen LogP contribution in [-0.4, -0.2) is 25.6 Å². The zero-order valence-corrected chi connectivity index (χ0v) is 15.6. The highest BCUT2D eigenvalue weighted by Crippen LogP contribution is 2.32. The number of non-ortho nitro benzene ring substituents is 1. The van der Waals surface area contributed by atoms with Crippen LogP contribution in [-0.2, 0) is 6.54 Å². The third kappa shape index (κ3) is 3.50. The van der Waals surface area contributed by atoms with Crippen molar-refractivity contribution < 1.29 is 14.8 Å². The van der Waals surface area contributed by atoms with Crippen molar-refractivity contribution >= 4 is 33.2 Å². The van der Waals surface area contributed by atoms with Crippen LogP contribution >= 0.6 is 11.3 Å². The third-order valence-corrected chi connectivity index (χ3v) is 5.34. The topological polar surface area (TPSA) is 115 Å². The molecule has 8 nitrogen and oxygen atoms in total. The largest absolute Gasteiger partial charge is 0.478 e. The molecule has 0 aliphatic heterocycles. The number of hydrogen-bond donors (Lipinski definition) is 1. The van der Waals surface area contributed by atoms with Crippen LogP contribution in [0.3, 0.4) is 0 Å². The third-order valence-electron chi connectivity index (χ3n) is 4.46. The summed E-state index contributed by atoms with van der Waals surface area (Å²) in [4.78, 5) is 39.7. The number of nitro benzene ring substituents is 1. The number of aromatic nitrogens is 2. The fourth-order valence-electron chi connectivity index (χ4n) is 3.08. The minimum atomic E-state index is -1.04. The number of carboxylic acid groups (broad SMARTS) is 1. The molecule has 0 atom stereocenters. The van der Waals surface area contributed by atoms with Crippen molar-refractivity contribution in [3.63, 3.8) is 0 Å². The van der Waals surface area contributed by atoms with Gasteiger partial charge in [0.25, 0.3) is 11.2 Å². The van der Waals surface area contributed by atoms with E-state index in [-0.39, 0.29) is 23.4 Å². The van der Waals surface area contributed by atoms with Crippen LogP contribution < -0.4 is 5.56 Å². The highest BCUT2D eigenvalue weighted by Gasteiger charge is 2.16. The van der Waals surface area contributed by atoms with Gasteiger partial charge in [-0.15, -0.1) is 11.3 Å². The van der Waals surface area contributed by atoms with Crippen molar-refractivity contribution in [1.29, 1.82) is 0 Å². The first kappa shape index (κ1) is 18.5. The molecule has 0 saturated heterocycles. The van der Waals surface area contributed by atoms with E-state index >= 15 is 0 Å². The zero-order valence-electron chi connectivity index (χ0n) is 14.8. The molecule has 0 saturated carbocycles. The van der Waals surface area contributed by atoms with E-state index in [4.69, 9.17) is 5.11 Å². The Hall–Kier alpha value is -3.85.